The smallest absolute Gasteiger partial charge is 0.467 e. The maximum Gasteiger partial charge on any atom is 0.471 e. The fourth-order valence-electron chi connectivity index (χ4n) is 1.60. The normalized spacial score (nSPS) is 25.5. The first-order valence-corrected chi connectivity index (χ1v) is 8.37. The molecule has 0 bridgehead atoms. The fourth-order valence-corrected chi connectivity index (χ4v) is 4.41. The molecule has 0 aromatic carbocycles. The quantitative estimate of drug-likeness (QED) is 0.561. The Morgan fingerprint density at radius 2 is 2.00 bits per heavy atom. The highest BCUT2D eigenvalue weighted by atomic mass is 33.1. The minimum atomic E-state index is -5.08. The van der Waals surface area contributed by atoms with Gasteiger partial charge in [0.25, 0.3) is 0 Å². The molecule has 0 unspecified atom stereocenters. The van der Waals surface area contributed by atoms with Gasteiger partial charge in [0, 0.05) is 5.75 Å². The van der Waals surface area contributed by atoms with Crippen LogP contribution in [0, 0.1) is 0 Å². The van der Waals surface area contributed by atoms with E-state index >= 15 is 0 Å². The number of alkyl halides is 3. The predicted octanol–water partition coefficient (Wildman–Crippen LogP) is 0.865. The van der Waals surface area contributed by atoms with Crippen LogP contribution in [0.5, 0.6) is 0 Å². The van der Waals surface area contributed by atoms with Crippen molar-refractivity contribution in [3.8, 4) is 0 Å². The number of carbonyl (C=O) groups excluding carboxylic acids is 3. The summed E-state index contributed by atoms with van der Waals surface area (Å²) in [5.74, 6) is -3.84. The molecule has 11 heteroatoms. The highest BCUT2D eigenvalue weighted by Gasteiger charge is 2.44. The molecule has 1 saturated heterocycles. The molecule has 0 aromatic heterocycles. The molecule has 1 heterocycles. The molecule has 2 atom stereocenters. The van der Waals surface area contributed by atoms with E-state index in [0.29, 0.717) is 0 Å². The minimum Gasteiger partial charge on any atom is -0.467 e. The average molecular weight is 360 g/mol. The number of nitrogens with one attached hydrogen (secondary N) is 2. The Kier molecular flexibility index (Phi) is 6.02. The van der Waals surface area contributed by atoms with E-state index in [0.717, 1.165) is 17.9 Å². The van der Waals surface area contributed by atoms with Crippen molar-refractivity contribution in [2.24, 2.45) is 0 Å². The first-order valence-electron chi connectivity index (χ1n) is 6.05. The summed E-state index contributed by atoms with van der Waals surface area (Å²) in [7, 11) is 3.46. The third-order valence-electron chi connectivity index (χ3n) is 2.81. The lowest BCUT2D eigenvalue weighted by atomic mass is 10.0. The van der Waals surface area contributed by atoms with Crippen molar-refractivity contribution in [1.29, 1.82) is 0 Å². The van der Waals surface area contributed by atoms with E-state index in [9.17, 15) is 27.6 Å². The molecule has 1 fully saturated rings. The lowest BCUT2D eigenvalue weighted by Gasteiger charge is -2.35. The van der Waals surface area contributed by atoms with E-state index in [-0.39, 0.29) is 5.75 Å². The summed E-state index contributed by atoms with van der Waals surface area (Å²) < 4.78 is 40.7. The molecular formula is C11H15F3N2O4S2. The van der Waals surface area contributed by atoms with Crippen LogP contribution in [-0.2, 0) is 19.1 Å². The number of methoxy groups -OCH3 is 1. The van der Waals surface area contributed by atoms with Gasteiger partial charge in [-0.15, -0.1) is 0 Å². The van der Waals surface area contributed by atoms with Crippen LogP contribution in [0.3, 0.4) is 0 Å². The lowest BCUT2D eigenvalue weighted by Crippen LogP contribution is -2.60. The third-order valence-corrected chi connectivity index (χ3v) is 6.11. The maximum absolute atomic E-state index is 12.3. The zero-order valence-corrected chi connectivity index (χ0v) is 13.6. The Bertz CT molecular complexity index is 471. The SMILES string of the molecule is COC(=O)[C@H]1NC(=O)[C@@H](NC(=O)C(F)(F)F)CSSC1(C)C. The number of ether oxygens (including phenoxy) is 1. The van der Waals surface area contributed by atoms with Gasteiger partial charge in [-0.2, -0.15) is 13.2 Å². The van der Waals surface area contributed by atoms with Crippen molar-refractivity contribution in [3.63, 3.8) is 0 Å². The summed E-state index contributed by atoms with van der Waals surface area (Å²) in [6, 6.07) is -2.44. The van der Waals surface area contributed by atoms with Crippen LogP contribution in [0.25, 0.3) is 0 Å². The van der Waals surface area contributed by atoms with Crippen molar-refractivity contribution < 1.29 is 32.3 Å². The van der Waals surface area contributed by atoms with Gasteiger partial charge in [-0.1, -0.05) is 21.6 Å². The topological polar surface area (TPSA) is 84.5 Å². The number of hydrogen-bond donors (Lipinski definition) is 2. The number of rotatable bonds is 2. The van der Waals surface area contributed by atoms with Gasteiger partial charge in [-0.3, -0.25) is 9.59 Å². The molecular weight excluding hydrogens is 345 g/mol. The van der Waals surface area contributed by atoms with Crippen LogP contribution in [0.15, 0.2) is 0 Å². The van der Waals surface area contributed by atoms with Crippen molar-refractivity contribution in [3.05, 3.63) is 0 Å². The number of esters is 1. The zero-order chi connectivity index (χ0) is 17.1. The molecule has 1 aliphatic heterocycles. The first-order chi connectivity index (χ1) is 9.99. The third kappa shape index (κ3) is 4.70. The Labute approximate surface area is 132 Å². The van der Waals surface area contributed by atoms with E-state index < -0.39 is 40.8 Å². The zero-order valence-electron chi connectivity index (χ0n) is 11.9. The molecule has 0 spiro atoms. The van der Waals surface area contributed by atoms with Crippen LogP contribution in [0.2, 0.25) is 0 Å². The fraction of sp³-hybridized carbons (Fsp3) is 0.727. The summed E-state index contributed by atoms with van der Waals surface area (Å²) in [5.41, 5.74) is 0. The van der Waals surface area contributed by atoms with E-state index in [1.807, 2.05) is 0 Å². The number of hydrogen-bond acceptors (Lipinski definition) is 6. The summed E-state index contributed by atoms with van der Waals surface area (Å²) in [4.78, 5) is 34.7. The molecule has 6 nitrogen and oxygen atoms in total. The molecule has 0 aliphatic carbocycles. The van der Waals surface area contributed by atoms with Gasteiger partial charge in [0.2, 0.25) is 5.91 Å². The maximum atomic E-state index is 12.3. The molecule has 0 saturated carbocycles. The van der Waals surface area contributed by atoms with E-state index in [4.69, 9.17) is 0 Å². The predicted molar refractivity (Wildman–Crippen MR) is 76.1 cm³/mol. The second-order valence-electron chi connectivity index (χ2n) is 4.96. The van der Waals surface area contributed by atoms with Crippen LogP contribution >= 0.6 is 21.6 Å². The number of amides is 2. The molecule has 22 heavy (non-hydrogen) atoms. The first kappa shape index (κ1) is 18.9. The molecule has 1 aliphatic rings. The highest BCUT2D eigenvalue weighted by Crippen LogP contribution is 2.40. The summed E-state index contributed by atoms with van der Waals surface area (Å²) >= 11 is 0. The number of halogens is 3. The van der Waals surface area contributed by atoms with Crippen LogP contribution < -0.4 is 10.6 Å². The Balaban J connectivity index is 2.89. The van der Waals surface area contributed by atoms with Crippen molar-refractivity contribution in [1.82, 2.24) is 10.6 Å². The Hall–Kier alpha value is -1.10. The molecule has 0 aromatic rings. The largest absolute Gasteiger partial charge is 0.471 e. The van der Waals surface area contributed by atoms with Gasteiger partial charge in [-0.25, -0.2) is 4.79 Å². The van der Waals surface area contributed by atoms with Gasteiger partial charge in [0.1, 0.15) is 12.1 Å². The summed E-state index contributed by atoms with van der Waals surface area (Å²) in [5, 5.41) is 3.96. The molecule has 2 amide bonds. The standard InChI is InChI=1S/C11H15F3N2O4S2/c1-10(2)6(8(18)20-3)16-7(17)5(4-21-22-10)15-9(19)11(12,13)14/h5-6H,4H2,1-3H3,(H,15,19)(H,16,17)/t5-,6+/m0/s1. The lowest BCUT2D eigenvalue weighted by molar-refractivity contribution is -0.174. The van der Waals surface area contributed by atoms with E-state index in [1.54, 1.807) is 19.2 Å². The monoisotopic (exact) mass is 360 g/mol. The number of carbonyl (C=O) groups is 3. The second-order valence-corrected chi connectivity index (χ2v) is 7.95. The molecule has 0 radical (unpaired) electrons. The van der Waals surface area contributed by atoms with Crippen LogP contribution in [0.1, 0.15) is 13.8 Å². The van der Waals surface area contributed by atoms with Crippen molar-refractivity contribution in [2.45, 2.75) is 36.9 Å². The Morgan fingerprint density at radius 1 is 1.41 bits per heavy atom. The van der Waals surface area contributed by atoms with Crippen LogP contribution in [0.4, 0.5) is 13.2 Å². The van der Waals surface area contributed by atoms with E-state index in [2.05, 4.69) is 10.1 Å². The second kappa shape index (κ2) is 6.99. The Morgan fingerprint density at radius 3 is 2.50 bits per heavy atom. The molecule has 2 N–H and O–H groups in total. The van der Waals surface area contributed by atoms with Gasteiger partial charge >= 0.3 is 18.1 Å². The van der Waals surface area contributed by atoms with E-state index in [1.165, 1.54) is 10.8 Å². The highest BCUT2D eigenvalue weighted by molar-refractivity contribution is 8.77. The summed E-state index contributed by atoms with van der Waals surface area (Å²) in [6.07, 6.45) is -5.08. The average Bonchev–Trinajstić information content (AvgIpc) is 2.39. The molecule has 1 rings (SSSR count). The van der Waals surface area contributed by atoms with Crippen molar-refractivity contribution in [2.75, 3.05) is 12.9 Å². The summed E-state index contributed by atoms with van der Waals surface area (Å²) in [6.45, 7) is 3.39. The van der Waals surface area contributed by atoms with Gasteiger partial charge < -0.3 is 15.4 Å². The molecule has 126 valence electrons. The van der Waals surface area contributed by atoms with Crippen LogP contribution in [-0.4, -0.2) is 53.7 Å². The van der Waals surface area contributed by atoms with Crippen molar-refractivity contribution >= 4 is 39.4 Å². The van der Waals surface area contributed by atoms with Gasteiger partial charge in [-0.05, 0) is 13.8 Å². The van der Waals surface area contributed by atoms with Gasteiger partial charge in [0.05, 0.1) is 11.9 Å². The minimum absolute atomic E-state index is 0.0599. The van der Waals surface area contributed by atoms with Gasteiger partial charge in [0.15, 0.2) is 0 Å².